The molecule has 0 aliphatic rings. The first-order valence-corrected chi connectivity index (χ1v) is 6.05. The van der Waals surface area contributed by atoms with Gasteiger partial charge >= 0.3 is 0 Å². The predicted octanol–water partition coefficient (Wildman–Crippen LogP) is 1.14. The van der Waals surface area contributed by atoms with Crippen molar-refractivity contribution in [3.05, 3.63) is 30.1 Å². The van der Waals surface area contributed by atoms with Crippen LogP contribution in [0.5, 0.6) is 5.75 Å². The minimum atomic E-state index is -0.324. The summed E-state index contributed by atoms with van der Waals surface area (Å²) in [5.74, 6) is 0.498. The normalized spacial score (nSPS) is 13.1. The summed E-state index contributed by atoms with van der Waals surface area (Å²) >= 11 is 0. The largest absolute Gasteiger partial charge is 0.492 e. The zero-order valence-electron chi connectivity index (χ0n) is 11.2. The summed E-state index contributed by atoms with van der Waals surface area (Å²) in [4.78, 5) is 4.09. The zero-order valence-corrected chi connectivity index (χ0v) is 11.2. The number of halogens is 1. The van der Waals surface area contributed by atoms with Crippen molar-refractivity contribution in [1.82, 2.24) is 5.32 Å². The van der Waals surface area contributed by atoms with Gasteiger partial charge in [0.2, 0.25) is 0 Å². The number of aliphatic imine (C=N–C) groups is 1. The van der Waals surface area contributed by atoms with E-state index >= 15 is 0 Å². The molecule has 1 unspecified atom stereocenters. The minimum Gasteiger partial charge on any atom is -0.492 e. The fourth-order valence-electron chi connectivity index (χ4n) is 1.48. The third-order valence-corrected chi connectivity index (χ3v) is 2.25. The van der Waals surface area contributed by atoms with Crippen molar-refractivity contribution in [3.63, 3.8) is 0 Å². The molecule has 6 heteroatoms. The minimum absolute atomic E-state index is 0.0953. The van der Waals surface area contributed by atoms with Crippen molar-refractivity contribution < 1.29 is 13.9 Å². The van der Waals surface area contributed by atoms with Gasteiger partial charge in [0.1, 0.15) is 18.2 Å². The highest BCUT2D eigenvalue weighted by Crippen LogP contribution is 2.11. The number of nitrogens with zero attached hydrogens (tertiary/aromatic N) is 1. The topological polar surface area (TPSA) is 68.9 Å². The molecule has 0 amide bonds. The monoisotopic (exact) mass is 269 g/mol. The Morgan fingerprint density at radius 2 is 2.32 bits per heavy atom. The molecule has 0 heterocycles. The van der Waals surface area contributed by atoms with Crippen LogP contribution in [-0.2, 0) is 4.74 Å². The molecule has 0 aliphatic carbocycles. The van der Waals surface area contributed by atoms with Gasteiger partial charge in [-0.3, -0.25) is 0 Å². The summed E-state index contributed by atoms with van der Waals surface area (Å²) in [6.07, 6.45) is 0. The Balaban J connectivity index is 2.25. The van der Waals surface area contributed by atoms with Crippen LogP contribution in [0.4, 0.5) is 4.39 Å². The molecule has 5 nitrogen and oxygen atoms in total. The Morgan fingerprint density at radius 1 is 1.53 bits per heavy atom. The number of nitrogens with two attached hydrogens (primary N) is 1. The molecular formula is C13H20FN3O2. The van der Waals surface area contributed by atoms with Crippen LogP contribution in [0.25, 0.3) is 0 Å². The number of rotatable bonds is 7. The summed E-state index contributed by atoms with van der Waals surface area (Å²) in [7, 11) is 1.62. The van der Waals surface area contributed by atoms with Gasteiger partial charge in [0, 0.05) is 19.2 Å². The zero-order chi connectivity index (χ0) is 14.1. The summed E-state index contributed by atoms with van der Waals surface area (Å²) in [6.45, 7) is 3.23. The molecule has 0 aliphatic heterocycles. The first kappa shape index (κ1) is 15.2. The average molecular weight is 269 g/mol. The van der Waals surface area contributed by atoms with Gasteiger partial charge in [0.25, 0.3) is 0 Å². The number of guanidine groups is 1. The SMILES string of the molecule is COCC(C)NC(N)=NCCOc1cccc(F)c1. The number of methoxy groups -OCH3 is 1. The van der Waals surface area contributed by atoms with Gasteiger partial charge in [-0.15, -0.1) is 0 Å². The molecule has 1 rings (SSSR count). The number of ether oxygens (including phenoxy) is 2. The van der Waals surface area contributed by atoms with Gasteiger partial charge < -0.3 is 20.5 Å². The molecule has 1 aromatic rings. The Labute approximate surface area is 112 Å². The molecule has 0 spiro atoms. The van der Waals surface area contributed by atoms with Gasteiger partial charge in [-0.25, -0.2) is 9.38 Å². The van der Waals surface area contributed by atoms with Crippen LogP contribution in [0.3, 0.4) is 0 Å². The lowest BCUT2D eigenvalue weighted by atomic mass is 10.3. The quantitative estimate of drug-likeness (QED) is 0.442. The summed E-state index contributed by atoms with van der Waals surface area (Å²) < 4.78 is 23.2. The molecule has 0 bridgehead atoms. The lowest BCUT2D eigenvalue weighted by Gasteiger charge is -2.13. The first-order valence-electron chi connectivity index (χ1n) is 6.05. The second kappa shape index (κ2) is 8.31. The van der Waals surface area contributed by atoms with E-state index in [0.717, 1.165) is 0 Å². The van der Waals surface area contributed by atoms with Gasteiger partial charge in [-0.1, -0.05) is 6.07 Å². The van der Waals surface area contributed by atoms with Crippen molar-refractivity contribution >= 4 is 5.96 Å². The van der Waals surface area contributed by atoms with Crippen molar-refractivity contribution in [2.75, 3.05) is 26.9 Å². The Kier molecular flexibility index (Phi) is 6.67. The summed E-state index contributed by atoms with van der Waals surface area (Å²) in [5, 5.41) is 2.98. The maximum absolute atomic E-state index is 12.9. The van der Waals surface area contributed by atoms with Gasteiger partial charge in [0.05, 0.1) is 13.2 Å². The van der Waals surface area contributed by atoms with E-state index in [4.69, 9.17) is 15.2 Å². The molecule has 1 aromatic carbocycles. The lowest BCUT2D eigenvalue weighted by Crippen LogP contribution is -2.40. The van der Waals surface area contributed by atoms with Crippen molar-refractivity contribution in [2.24, 2.45) is 10.7 Å². The van der Waals surface area contributed by atoms with E-state index in [1.807, 2.05) is 6.92 Å². The van der Waals surface area contributed by atoms with Gasteiger partial charge in [-0.2, -0.15) is 0 Å². The van der Waals surface area contributed by atoms with Crippen LogP contribution < -0.4 is 15.8 Å². The van der Waals surface area contributed by atoms with Crippen molar-refractivity contribution in [1.29, 1.82) is 0 Å². The summed E-state index contributed by atoms with van der Waals surface area (Å²) in [6, 6.07) is 6.07. The van der Waals surface area contributed by atoms with Crippen molar-refractivity contribution in [3.8, 4) is 5.75 Å². The fraction of sp³-hybridized carbons (Fsp3) is 0.462. The molecule has 1 atom stereocenters. The molecule has 0 fully saturated rings. The highest BCUT2D eigenvalue weighted by atomic mass is 19.1. The van der Waals surface area contributed by atoms with Crippen LogP contribution in [-0.4, -0.2) is 38.9 Å². The van der Waals surface area contributed by atoms with E-state index in [1.165, 1.54) is 12.1 Å². The van der Waals surface area contributed by atoms with E-state index in [0.29, 0.717) is 31.5 Å². The summed E-state index contributed by atoms with van der Waals surface area (Å²) in [5.41, 5.74) is 5.68. The molecule has 3 N–H and O–H groups in total. The molecule has 0 aromatic heterocycles. The van der Waals surface area contributed by atoms with Crippen LogP contribution in [0.2, 0.25) is 0 Å². The van der Waals surface area contributed by atoms with E-state index < -0.39 is 0 Å². The van der Waals surface area contributed by atoms with E-state index in [2.05, 4.69) is 10.3 Å². The molecule has 106 valence electrons. The second-order valence-corrected chi connectivity index (χ2v) is 4.07. The smallest absolute Gasteiger partial charge is 0.188 e. The van der Waals surface area contributed by atoms with Crippen molar-refractivity contribution in [2.45, 2.75) is 13.0 Å². The van der Waals surface area contributed by atoms with E-state index in [9.17, 15) is 4.39 Å². The number of hydrogen-bond acceptors (Lipinski definition) is 3. The predicted molar refractivity (Wildman–Crippen MR) is 72.9 cm³/mol. The molecule has 0 saturated carbocycles. The van der Waals surface area contributed by atoms with Gasteiger partial charge in [-0.05, 0) is 19.1 Å². The number of nitrogens with one attached hydrogen (secondary N) is 1. The Bertz CT molecular complexity index is 413. The third-order valence-electron chi connectivity index (χ3n) is 2.25. The van der Waals surface area contributed by atoms with Gasteiger partial charge in [0.15, 0.2) is 5.96 Å². The molecule has 0 saturated heterocycles. The fourth-order valence-corrected chi connectivity index (χ4v) is 1.48. The Morgan fingerprint density at radius 3 is 3.00 bits per heavy atom. The lowest BCUT2D eigenvalue weighted by molar-refractivity contribution is 0.179. The molecule has 0 radical (unpaired) electrons. The van der Waals surface area contributed by atoms with Crippen LogP contribution in [0.1, 0.15) is 6.92 Å². The van der Waals surface area contributed by atoms with Crippen LogP contribution in [0, 0.1) is 5.82 Å². The first-order chi connectivity index (χ1) is 9.11. The maximum Gasteiger partial charge on any atom is 0.188 e. The highest BCUT2D eigenvalue weighted by Gasteiger charge is 2.01. The van der Waals surface area contributed by atoms with Crippen LogP contribution in [0.15, 0.2) is 29.3 Å². The standard InChI is InChI=1S/C13H20FN3O2/c1-10(9-18-2)17-13(15)16-6-7-19-12-5-3-4-11(14)8-12/h3-5,8,10H,6-7,9H2,1-2H3,(H3,15,16,17). The maximum atomic E-state index is 12.9. The number of hydrogen-bond donors (Lipinski definition) is 2. The van der Waals surface area contributed by atoms with E-state index in [1.54, 1.807) is 19.2 Å². The average Bonchev–Trinajstić information content (AvgIpc) is 2.35. The molecule has 19 heavy (non-hydrogen) atoms. The highest BCUT2D eigenvalue weighted by molar-refractivity contribution is 5.78. The Hall–Kier alpha value is -1.82. The second-order valence-electron chi connectivity index (χ2n) is 4.07. The number of benzene rings is 1. The third kappa shape index (κ3) is 6.61. The van der Waals surface area contributed by atoms with E-state index in [-0.39, 0.29) is 11.9 Å². The molecular weight excluding hydrogens is 249 g/mol. The van der Waals surface area contributed by atoms with Crippen LogP contribution >= 0.6 is 0 Å².